The highest BCUT2D eigenvalue weighted by Crippen LogP contribution is 2.37. The van der Waals surface area contributed by atoms with Gasteiger partial charge in [-0.25, -0.2) is 0 Å². The molecule has 1 atom stereocenters. The first-order valence-corrected chi connectivity index (χ1v) is 7.24. The Bertz CT molecular complexity index is 134. The Morgan fingerprint density at radius 1 is 1.21 bits per heavy atom. The summed E-state index contributed by atoms with van der Waals surface area (Å²) in [5, 5.41) is 0. The van der Waals surface area contributed by atoms with Crippen molar-refractivity contribution in [2.24, 2.45) is 0 Å². The van der Waals surface area contributed by atoms with Gasteiger partial charge in [0.05, 0.1) is 0 Å². The number of ether oxygens (including phenoxy) is 1. The Morgan fingerprint density at radius 3 is 2.71 bits per heavy atom. The molecular formula is C12H24OS. The molecule has 0 spiro atoms. The highest BCUT2D eigenvalue weighted by molar-refractivity contribution is 7.99. The summed E-state index contributed by atoms with van der Waals surface area (Å²) in [6.45, 7) is 3.24. The van der Waals surface area contributed by atoms with Crippen molar-refractivity contribution in [2.45, 2.75) is 63.2 Å². The third-order valence-corrected chi connectivity index (χ3v) is 4.37. The van der Waals surface area contributed by atoms with Crippen molar-refractivity contribution in [1.29, 1.82) is 0 Å². The largest absolute Gasteiger partial charge is 0.364 e. The molecule has 0 aliphatic carbocycles. The molecule has 0 bridgehead atoms. The van der Waals surface area contributed by atoms with E-state index in [1.54, 1.807) is 0 Å². The van der Waals surface area contributed by atoms with E-state index >= 15 is 0 Å². The summed E-state index contributed by atoms with van der Waals surface area (Å²) in [5.74, 6) is 0. The molecule has 0 aromatic heterocycles. The van der Waals surface area contributed by atoms with E-state index in [-0.39, 0.29) is 4.93 Å². The van der Waals surface area contributed by atoms with E-state index in [9.17, 15) is 0 Å². The zero-order valence-corrected chi connectivity index (χ0v) is 10.5. The zero-order chi connectivity index (χ0) is 10.3. The molecule has 1 nitrogen and oxygen atoms in total. The van der Waals surface area contributed by atoms with Gasteiger partial charge in [0.15, 0.2) is 0 Å². The van der Waals surface area contributed by atoms with Crippen LogP contribution in [0.15, 0.2) is 0 Å². The normalized spacial score (nSPS) is 29.6. The second kappa shape index (κ2) is 6.73. The maximum atomic E-state index is 6.08. The molecule has 1 saturated heterocycles. The molecule has 1 aliphatic rings. The van der Waals surface area contributed by atoms with E-state index in [4.69, 9.17) is 4.74 Å². The highest BCUT2D eigenvalue weighted by atomic mass is 32.2. The van der Waals surface area contributed by atoms with Crippen molar-refractivity contribution < 1.29 is 4.74 Å². The van der Waals surface area contributed by atoms with Crippen LogP contribution < -0.4 is 0 Å². The van der Waals surface area contributed by atoms with Gasteiger partial charge in [-0.05, 0) is 38.4 Å². The number of hydrogen-bond donors (Lipinski definition) is 0. The molecule has 0 amide bonds. The Balaban J connectivity index is 2.44. The lowest BCUT2D eigenvalue weighted by molar-refractivity contribution is 0.00201. The van der Waals surface area contributed by atoms with Crippen LogP contribution >= 0.6 is 11.8 Å². The maximum absolute atomic E-state index is 6.08. The van der Waals surface area contributed by atoms with Crippen LogP contribution in [0.5, 0.6) is 0 Å². The number of rotatable bonds is 4. The van der Waals surface area contributed by atoms with Gasteiger partial charge in [-0.3, -0.25) is 0 Å². The fraction of sp³-hybridized carbons (Fsp3) is 1.00. The summed E-state index contributed by atoms with van der Waals surface area (Å²) in [6, 6.07) is 0. The van der Waals surface area contributed by atoms with Crippen molar-refractivity contribution in [1.82, 2.24) is 0 Å². The minimum atomic E-state index is 0.163. The topological polar surface area (TPSA) is 9.23 Å². The summed E-state index contributed by atoms with van der Waals surface area (Å²) >= 11 is 1.93. The Hall–Kier alpha value is 0.310. The molecule has 1 rings (SSSR count). The van der Waals surface area contributed by atoms with Gasteiger partial charge >= 0.3 is 0 Å². The first-order valence-electron chi connectivity index (χ1n) is 6.02. The van der Waals surface area contributed by atoms with E-state index in [2.05, 4.69) is 13.2 Å². The van der Waals surface area contributed by atoms with E-state index in [0.29, 0.717) is 0 Å². The summed E-state index contributed by atoms with van der Waals surface area (Å²) in [4.78, 5) is 0.163. The summed E-state index contributed by atoms with van der Waals surface area (Å²) in [7, 11) is 0. The highest BCUT2D eigenvalue weighted by Gasteiger charge is 2.29. The lowest BCUT2D eigenvalue weighted by atomic mass is 10.0. The van der Waals surface area contributed by atoms with E-state index in [1.807, 2.05) is 11.8 Å². The lowest BCUT2D eigenvalue weighted by Gasteiger charge is -2.34. The molecule has 0 unspecified atom stereocenters. The SMILES string of the molecule is CCCC[C@@]1(SC)CCCCCCO1. The fourth-order valence-electron chi connectivity index (χ4n) is 2.09. The quantitative estimate of drug-likeness (QED) is 0.696. The molecule has 1 aliphatic heterocycles. The molecule has 1 fully saturated rings. The molecule has 2 heteroatoms. The van der Waals surface area contributed by atoms with Gasteiger partial charge in [0, 0.05) is 6.61 Å². The van der Waals surface area contributed by atoms with Gasteiger partial charge in [-0.1, -0.05) is 26.2 Å². The van der Waals surface area contributed by atoms with Crippen molar-refractivity contribution in [3.05, 3.63) is 0 Å². The molecule has 0 saturated carbocycles. The van der Waals surface area contributed by atoms with Crippen LogP contribution in [-0.4, -0.2) is 17.8 Å². The second-order valence-corrected chi connectivity index (χ2v) is 5.38. The minimum absolute atomic E-state index is 0.163. The smallest absolute Gasteiger partial charge is 0.113 e. The van der Waals surface area contributed by atoms with Crippen molar-refractivity contribution in [2.75, 3.05) is 12.9 Å². The monoisotopic (exact) mass is 216 g/mol. The molecule has 1 heterocycles. The predicted octanol–water partition coefficient (Wildman–Crippen LogP) is 4.22. The van der Waals surface area contributed by atoms with Crippen LogP contribution in [0.4, 0.5) is 0 Å². The number of thioether (sulfide) groups is 1. The third-order valence-electron chi connectivity index (χ3n) is 3.10. The molecular weight excluding hydrogens is 192 g/mol. The average Bonchev–Trinajstić information content (AvgIpc) is 2.18. The molecule has 0 aromatic rings. The van der Waals surface area contributed by atoms with Gasteiger partial charge in [-0.15, -0.1) is 11.8 Å². The summed E-state index contributed by atoms with van der Waals surface area (Å²) in [6.07, 6.45) is 12.7. The van der Waals surface area contributed by atoms with Crippen molar-refractivity contribution in [3.8, 4) is 0 Å². The van der Waals surface area contributed by atoms with Crippen LogP contribution in [-0.2, 0) is 4.74 Å². The van der Waals surface area contributed by atoms with E-state index in [1.165, 1.54) is 51.4 Å². The van der Waals surface area contributed by atoms with Crippen LogP contribution in [0.3, 0.4) is 0 Å². The molecule has 0 radical (unpaired) electrons. The second-order valence-electron chi connectivity index (χ2n) is 4.23. The van der Waals surface area contributed by atoms with Crippen LogP contribution in [0, 0.1) is 0 Å². The fourth-order valence-corrected chi connectivity index (χ4v) is 2.98. The minimum Gasteiger partial charge on any atom is -0.364 e. The first-order chi connectivity index (χ1) is 6.83. The molecule has 14 heavy (non-hydrogen) atoms. The zero-order valence-electron chi connectivity index (χ0n) is 9.68. The Labute approximate surface area is 93.0 Å². The van der Waals surface area contributed by atoms with Gasteiger partial charge < -0.3 is 4.74 Å². The third kappa shape index (κ3) is 3.82. The van der Waals surface area contributed by atoms with Crippen molar-refractivity contribution in [3.63, 3.8) is 0 Å². The summed E-state index contributed by atoms with van der Waals surface area (Å²) < 4.78 is 6.08. The molecule has 0 aromatic carbocycles. The van der Waals surface area contributed by atoms with E-state index < -0.39 is 0 Å². The molecule has 0 N–H and O–H groups in total. The van der Waals surface area contributed by atoms with E-state index in [0.717, 1.165) is 6.61 Å². The van der Waals surface area contributed by atoms with Crippen molar-refractivity contribution >= 4 is 11.8 Å². The summed E-state index contributed by atoms with van der Waals surface area (Å²) in [5.41, 5.74) is 0. The predicted molar refractivity (Wildman–Crippen MR) is 64.8 cm³/mol. The number of unbranched alkanes of at least 4 members (excludes halogenated alkanes) is 1. The number of hydrogen-bond acceptors (Lipinski definition) is 2. The van der Waals surface area contributed by atoms with Gasteiger partial charge in [0.1, 0.15) is 4.93 Å². The van der Waals surface area contributed by atoms with Gasteiger partial charge in [-0.2, -0.15) is 0 Å². The Kier molecular flexibility index (Phi) is 5.95. The Morgan fingerprint density at radius 2 is 2.00 bits per heavy atom. The van der Waals surface area contributed by atoms with Crippen LogP contribution in [0.2, 0.25) is 0 Å². The van der Waals surface area contributed by atoms with Crippen LogP contribution in [0.25, 0.3) is 0 Å². The lowest BCUT2D eigenvalue weighted by Crippen LogP contribution is -2.30. The maximum Gasteiger partial charge on any atom is 0.113 e. The molecule has 84 valence electrons. The first kappa shape index (κ1) is 12.4. The van der Waals surface area contributed by atoms with Crippen LogP contribution in [0.1, 0.15) is 58.3 Å². The van der Waals surface area contributed by atoms with Gasteiger partial charge in [0.25, 0.3) is 0 Å². The average molecular weight is 216 g/mol. The standard InChI is InChI=1S/C12H24OS/c1-3-4-9-12(14-2)10-7-5-6-8-11-13-12/h3-11H2,1-2H3/t12-/m1/s1. The van der Waals surface area contributed by atoms with Gasteiger partial charge in [0.2, 0.25) is 0 Å².